The van der Waals surface area contributed by atoms with Crippen LogP contribution in [0.5, 0.6) is 0 Å². The molecule has 5 heteroatoms. The van der Waals surface area contributed by atoms with E-state index in [2.05, 4.69) is 39.2 Å². The number of nitrogens with zero attached hydrogens (tertiary/aromatic N) is 1. The lowest BCUT2D eigenvalue weighted by molar-refractivity contribution is -0.531. The van der Waals surface area contributed by atoms with Crippen molar-refractivity contribution < 1.29 is 12.1 Å². The lowest BCUT2D eigenvalue weighted by atomic mass is 10.2. The monoisotopic (exact) mass is 316 g/mol. The molecule has 0 radical (unpaired) electrons. The first kappa shape index (κ1) is 13.4. The Morgan fingerprint density at radius 1 is 1.31 bits per heavy atom. The van der Waals surface area contributed by atoms with Gasteiger partial charge in [-0.3, -0.25) is 0 Å². The minimum absolute atomic E-state index is 0.0339. The van der Waals surface area contributed by atoms with Crippen molar-refractivity contribution in [2.75, 3.05) is 13.2 Å². The van der Waals surface area contributed by atoms with Crippen molar-refractivity contribution in [3.63, 3.8) is 0 Å². The molecular formula is C8H16Br2NO2+. The number of amides is 1. The smallest absolute Gasteiger partial charge is 0.419 e. The predicted octanol–water partition coefficient (Wildman–Crippen LogP) is 3.77. The maximum atomic E-state index is 11.3. The van der Waals surface area contributed by atoms with Gasteiger partial charge in [-0.05, 0) is 19.8 Å². The van der Waals surface area contributed by atoms with Crippen LogP contribution < -0.4 is 0 Å². The van der Waals surface area contributed by atoms with E-state index in [4.69, 9.17) is 4.74 Å². The van der Waals surface area contributed by atoms with Gasteiger partial charge in [-0.1, -0.05) is 15.9 Å². The quantitative estimate of drug-likeness (QED) is 0.570. The van der Waals surface area contributed by atoms with Gasteiger partial charge >= 0.3 is 6.09 Å². The summed E-state index contributed by atoms with van der Waals surface area (Å²) < 4.78 is 4.84. The highest BCUT2D eigenvalue weighted by Gasteiger charge is 2.34. The van der Waals surface area contributed by atoms with Crippen LogP contribution >= 0.6 is 32.3 Å². The van der Waals surface area contributed by atoms with Crippen molar-refractivity contribution in [1.29, 1.82) is 0 Å². The van der Waals surface area contributed by atoms with Crippen LogP contribution in [0.15, 0.2) is 0 Å². The molecule has 0 saturated carbocycles. The molecular weight excluding hydrogens is 302 g/mol. The Labute approximate surface area is 96.7 Å². The average Bonchev–Trinajstić information content (AvgIpc) is 2.05. The highest BCUT2D eigenvalue weighted by atomic mass is 79.9. The van der Waals surface area contributed by atoms with E-state index in [-0.39, 0.29) is 8.63 Å². The second kappa shape index (κ2) is 6.79. The molecule has 0 aromatic heterocycles. The van der Waals surface area contributed by atoms with E-state index in [0.29, 0.717) is 13.2 Å². The van der Waals surface area contributed by atoms with Gasteiger partial charge in [-0.2, -0.15) is 4.79 Å². The molecule has 13 heavy (non-hydrogen) atoms. The van der Waals surface area contributed by atoms with E-state index in [1.807, 2.05) is 0 Å². The molecule has 0 aromatic rings. The summed E-state index contributed by atoms with van der Waals surface area (Å²) >= 11 is 6.52. The summed E-state index contributed by atoms with van der Waals surface area (Å²) in [5.74, 6) is 0. The van der Waals surface area contributed by atoms with Gasteiger partial charge in [-0.25, -0.2) is 0 Å². The molecule has 0 N–H and O–H groups in total. The van der Waals surface area contributed by atoms with Crippen molar-refractivity contribution >= 4 is 38.4 Å². The summed E-state index contributed by atoms with van der Waals surface area (Å²) in [5, 5.41) is 0. The third-order valence-electron chi connectivity index (χ3n) is 1.58. The average molecular weight is 318 g/mol. The Kier molecular flexibility index (Phi) is 6.99. The topological polar surface area (TPSA) is 26.3 Å². The number of carbonyl (C=O) groups excluding carboxylic acids is 1. The molecule has 78 valence electrons. The number of hydrogen-bond donors (Lipinski definition) is 0. The maximum Gasteiger partial charge on any atom is 0.537 e. The van der Waals surface area contributed by atoms with Crippen LogP contribution in [0.2, 0.25) is 0 Å². The third kappa shape index (κ3) is 5.65. The molecule has 0 saturated heterocycles. The van der Waals surface area contributed by atoms with E-state index >= 15 is 0 Å². The van der Waals surface area contributed by atoms with Crippen LogP contribution in [-0.2, 0) is 4.74 Å². The highest BCUT2D eigenvalue weighted by molar-refractivity contribution is 9.16. The Bertz CT molecular complexity index is 162. The van der Waals surface area contributed by atoms with Gasteiger partial charge < -0.3 is 4.74 Å². The van der Waals surface area contributed by atoms with Gasteiger partial charge in [0.1, 0.15) is 6.54 Å². The predicted molar refractivity (Wildman–Crippen MR) is 59.5 cm³/mol. The molecule has 1 amide bonds. The summed E-state index contributed by atoms with van der Waals surface area (Å²) in [5.41, 5.74) is 0. The molecule has 0 aliphatic heterocycles. The number of hydrogen-bond acceptors (Lipinski definition) is 2. The number of halogens is 2. The first-order chi connectivity index (χ1) is 6.04. The molecule has 0 fully saturated rings. The molecule has 0 aliphatic rings. The van der Waals surface area contributed by atoms with Gasteiger partial charge in [0.15, 0.2) is 0 Å². The summed E-state index contributed by atoms with van der Waals surface area (Å²) in [6.07, 6.45) is 2.96. The summed E-state index contributed by atoms with van der Waals surface area (Å²) in [7, 11) is 0. The summed E-state index contributed by atoms with van der Waals surface area (Å²) in [6.45, 7) is 5.03. The van der Waals surface area contributed by atoms with E-state index in [1.165, 1.54) is 0 Å². The Morgan fingerprint density at radius 2 is 1.92 bits per heavy atom. The van der Waals surface area contributed by atoms with Crippen molar-refractivity contribution in [3.8, 4) is 0 Å². The van der Waals surface area contributed by atoms with Gasteiger partial charge in [0, 0.05) is 0 Å². The van der Waals surface area contributed by atoms with E-state index in [1.54, 1.807) is 6.92 Å². The zero-order valence-electron chi connectivity index (χ0n) is 8.06. The van der Waals surface area contributed by atoms with Crippen LogP contribution in [0.4, 0.5) is 4.79 Å². The Balaban J connectivity index is 3.83. The standard InChI is InChI=1S/C8H16Br2NO2/c1-3-5-6-7-11(9,10)8(12)13-4-2/h3-7H2,1-2H3/q+1. The van der Waals surface area contributed by atoms with Crippen molar-refractivity contribution in [2.45, 2.75) is 33.1 Å². The molecule has 0 spiro atoms. The minimum Gasteiger partial charge on any atom is -0.419 e. The molecule has 0 atom stereocenters. The second-order valence-electron chi connectivity index (χ2n) is 2.76. The van der Waals surface area contributed by atoms with E-state index < -0.39 is 0 Å². The van der Waals surface area contributed by atoms with Gasteiger partial charge in [0.25, 0.3) is 32.3 Å². The first-order valence-corrected chi connectivity index (χ1v) is 5.91. The van der Waals surface area contributed by atoms with Crippen molar-refractivity contribution in [1.82, 2.24) is 0 Å². The largest absolute Gasteiger partial charge is 0.537 e. The highest BCUT2D eigenvalue weighted by Crippen LogP contribution is 2.25. The van der Waals surface area contributed by atoms with Gasteiger partial charge in [-0.15, -0.1) is 0 Å². The fraction of sp³-hybridized carbons (Fsp3) is 0.875. The first-order valence-electron chi connectivity index (χ1n) is 4.49. The SMILES string of the molecule is CCCCC[N+](Br)(Br)C(=O)OCC. The Hall–Kier alpha value is 0.390. The molecule has 0 unspecified atom stereocenters. The number of unbranched alkanes of at least 4 members (excludes halogenated alkanes) is 2. The normalized spacial score (nSPS) is 11.4. The number of carbonyl (C=O) groups is 1. The van der Waals surface area contributed by atoms with Crippen LogP contribution in [0.1, 0.15) is 33.1 Å². The molecule has 3 nitrogen and oxygen atoms in total. The molecule has 0 aliphatic carbocycles. The van der Waals surface area contributed by atoms with Crippen LogP contribution in [0.3, 0.4) is 0 Å². The van der Waals surface area contributed by atoms with Gasteiger partial charge in [0.2, 0.25) is 0 Å². The van der Waals surface area contributed by atoms with Crippen molar-refractivity contribution in [3.05, 3.63) is 0 Å². The second-order valence-corrected chi connectivity index (χ2v) is 6.13. The molecule has 0 bridgehead atoms. The number of ether oxygens (including phenoxy) is 1. The fourth-order valence-corrected chi connectivity index (χ4v) is 1.58. The van der Waals surface area contributed by atoms with Crippen LogP contribution in [0, 0.1) is 0 Å². The van der Waals surface area contributed by atoms with E-state index in [9.17, 15) is 4.79 Å². The summed E-state index contributed by atoms with van der Waals surface area (Å²) in [4.78, 5) is 11.3. The molecule has 0 rings (SSSR count). The van der Waals surface area contributed by atoms with E-state index in [0.717, 1.165) is 19.3 Å². The lowest BCUT2D eigenvalue weighted by Crippen LogP contribution is -2.34. The van der Waals surface area contributed by atoms with Crippen LogP contribution in [-0.4, -0.2) is 21.8 Å². The zero-order valence-corrected chi connectivity index (χ0v) is 11.2. The van der Waals surface area contributed by atoms with Gasteiger partial charge in [0.05, 0.1) is 6.61 Å². The number of quaternary nitrogens is 1. The third-order valence-corrected chi connectivity index (χ3v) is 2.87. The van der Waals surface area contributed by atoms with Crippen molar-refractivity contribution in [2.24, 2.45) is 0 Å². The zero-order chi connectivity index (χ0) is 10.3. The Morgan fingerprint density at radius 3 is 2.38 bits per heavy atom. The fourth-order valence-electron chi connectivity index (χ4n) is 0.870. The summed E-state index contributed by atoms with van der Waals surface area (Å²) in [6, 6.07) is 0. The lowest BCUT2D eigenvalue weighted by Gasteiger charge is -2.16. The molecule has 0 heterocycles. The maximum absolute atomic E-state index is 11.3. The number of rotatable bonds is 5. The molecule has 0 aromatic carbocycles. The van der Waals surface area contributed by atoms with Crippen LogP contribution in [0.25, 0.3) is 0 Å². The minimum atomic E-state index is -0.293.